The number of morpholine rings is 1. The highest BCUT2D eigenvalue weighted by molar-refractivity contribution is 6.35. The Morgan fingerprint density at radius 2 is 2.03 bits per heavy atom. The van der Waals surface area contributed by atoms with Crippen LogP contribution in [0.2, 0.25) is 5.02 Å². The van der Waals surface area contributed by atoms with Gasteiger partial charge < -0.3 is 15.4 Å². The van der Waals surface area contributed by atoms with Crippen LogP contribution in [0.3, 0.4) is 0 Å². The summed E-state index contributed by atoms with van der Waals surface area (Å²) in [5, 5.41) is 14.4. The van der Waals surface area contributed by atoms with Gasteiger partial charge in [-0.3, -0.25) is 4.79 Å². The van der Waals surface area contributed by atoms with E-state index in [0.717, 1.165) is 5.56 Å². The molecule has 2 aromatic heterocycles. The fourth-order valence-corrected chi connectivity index (χ4v) is 4.12. The second-order valence-corrected chi connectivity index (χ2v) is 8.28. The molecule has 8 nitrogen and oxygen atoms in total. The van der Waals surface area contributed by atoms with Crippen molar-refractivity contribution in [3.63, 3.8) is 0 Å². The predicted octanol–water partition coefficient (Wildman–Crippen LogP) is 3.42. The minimum absolute atomic E-state index is 0.202. The van der Waals surface area contributed by atoms with Crippen molar-refractivity contribution >= 4 is 34.5 Å². The number of nitriles is 1. The van der Waals surface area contributed by atoms with Gasteiger partial charge in [-0.05, 0) is 45.9 Å². The van der Waals surface area contributed by atoms with Crippen LogP contribution in [-0.4, -0.2) is 38.3 Å². The van der Waals surface area contributed by atoms with E-state index in [1.54, 1.807) is 47.5 Å². The lowest BCUT2D eigenvalue weighted by Gasteiger charge is -2.45. The molecule has 1 amide bonds. The average molecular weight is 425 g/mol. The zero-order valence-electron chi connectivity index (χ0n) is 17.0. The quantitative estimate of drug-likeness (QED) is 0.674. The Kier molecular flexibility index (Phi) is 4.68. The maximum atomic E-state index is 13.2. The topological polar surface area (TPSA) is 110 Å². The summed E-state index contributed by atoms with van der Waals surface area (Å²) in [7, 11) is 0. The molecule has 2 N–H and O–H groups in total. The van der Waals surface area contributed by atoms with Gasteiger partial charge in [-0.2, -0.15) is 10.4 Å². The van der Waals surface area contributed by atoms with Gasteiger partial charge in [0.2, 0.25) is 0 Å². The third-order valence-electron chi connectivity index (χ3n) is 5.51. The van der Waals surface area contributed by atoms with E-state index in [4.69, 9.17) is 22.1 Å². The lowest BCUT2D eigenvalue weighted by Crippen LogP contribution is -2.61. The molecule has 9 heteroatoms. The highest BCUT2D eigenvalue weighted by Gasteiger charge is 2.45. The molecule has 0 saturated carbocycles. The van der Waals surface area contributed by atoms with Crippen molar-refractivity contribution < 1.29 is 9.53 Å². The van der Waals surface area contributed by atoms with E-state index in [0.29, 0.717) is 27.5 Å². The van der Waals surface area contributed by atoms with Crippen LogP contribution in [0.5, 0.6) is 0 Å². The number of hydrogen-bond donors (Lipinski definition) is 1. The molecule has 1 aromatic carbocycles. The first-order chi connectivity index (χ1) is 14.2. The molecule has 0 spiro atoms. The fourth-order valence-electron chi connectivity index (χ4n) is 3.84. The van der Waals surface area contributed by atoms with Crippen molar-refractivity contribution in [3.05, 3.63) is 41.2 Å². The van der Waals surface area contributed by atoms with Gasteiger partial charge in [0, 0.05) is 5.56 Å². The molecule has 4 rings (SSSR count). The summed E-state index contributed by atoms with van der Waals surface area (Å²) >= 11 is 6.37. The van der Waals surface area contributed by atoms with Gasteiger partial charge in [0.25, 0.3) is 5.91 Å². The van der Waals surface area contributed by atoms with Crippen molar-refractivity contribution in [2.45, 2.75) is 45.4 Å². The normalized spacial score (nSPS) is 21.1. The van der Waals surface area contributed by atoms with E-state index in [2.05, 4.69) is 16.2 Å². The van der Waals surface area contributed by atoms with Crippen LogP contribution >= 0.6 is 11.6 Å². The Labute approximate surface area is 178 Å². The second-order valence-electron chi connectivity index (χ2n) is 7.88. The second kappa shape index (κ2) is 6.97. The number of fused-ring (bicyclic) bond motifs is 1. The first kappa shape index (κ1) is 20.1. The summed E-state index contributed by atoms with van der Waals surface area (Å²) < 4.78 is 7.49. The van der Waals surface area contributed by atoms with Crippen molar-refractivity contribution in [1.82, 2.24) is 14.6 Å². The molecule has 2 atom stereocenters. The van der Waals surface area contributed by atoms with Crippen molar-refractivity contribution in [3.8, 4) is 17.3 Å². The van der Waals surface area contributed by atoms with Crippen LogP contribution in [0.25, 0.3) is 16.8 Å². The number of aromatic nitrogens is 3. The summed E-state index contributed by atoms with van der Waals surface area (Å²) in [6, 6.07) is 8.97. The van der Waals surface area contributed by atoms with Crippen LogP contribution in [0.15, 0.2) is 30.6 Å². The van der Waals surface area contributed by atoms with E-state index >= 15 is 0 Å². The predicted molar refractivity (Wildman–Crippen MR) is 114 cm³/mol. The zero-order valence-corrected chi connectivity index (χ0v) is 17.8. The van der Waals surface area contributed by atoms with Gasteiger partial charge in [-0.1, -0.05) is 17.7 Å². The van der Waals surface area contributed by atoms with E-state index in [1.165, 1.54) is 6.33 Å². The maximum absolute atomic E-state index is 13.2. The Hall–Kier alpha value is -3.15. The molecule has 30 heavy (non-hydrogen) atoms. The Balaban J connectivity index is 1.92. The molecule has 1 aliphatic rings. The summed E-state index contributed by atoms with van der Waals surface area (Å²) in [5.74, 6) is 0.0639. The van der Waals surface area contributed by atoms with Gasteiger partial charge >= 0.3 is 0 Å². The highest BCUT2D eigenvalue weighted by atomic mass is 35.5. The number of hydrogen-bond acceptors (Lipinski definition) is 6. The molecule has 1 fully saturated rings. The van der Waals surface area contributed by atoms with Crippen LogP contribution < -0.4 is 10.6 Å². The molecule has 1 aliphatic heterocycles. The van der Waals surface area contributed by atoms with E-state index in [9.17, 15) is 10.1 Å². The third kappa shape index (κ3) is 2.98. The van der Waals surface area contributed by atoms with E-state index in [1.807, 2.05) is 13.8 Å². The van der Waals surface area contributed by atoms with E-state index < -0.39 is 5.60 Å². The summed E-state index contributed by atoms with van der Waals surface area (Å²) in [4.78, 5) is 18.8. The smallest absolute Gasteiger partial charge is 0.259 e. The van der Waals surface area contributed by atoms with Crippen LogP contribution in [0.1, 0.15) is 33.3 Å². The largest absolute Gasteiger partial charge is 0.382 e. The van der Waals surface area contributed by atoms with Crippen molar-refractivity contribution in [1.29, 1.82) is 5.26 Å². The number of carbonyl (C=O) groups excluding carboxylic acids is 1. The van der Waals surface area contributed by atoms with Gasteiger partial charge in [0.05, 0.1) is 34.1 Å². The zero-order chi connectivity index (χ0) is 21.8. The molecule has 0 unspecified atom stereocenters. The molecule has 3 aromatic rings. The number of amides is 1. The Bertz CT molecular complexity index is 1210. The lowest BCUT2D eigenvalue weighted by molar-refractivity contribution is -0.157. The summed E-state index contributed by atoms with van der Waals surface area (Å²) in [5.41, 5.74) is 7.79. The molecule has 1 saturated heterocycles. The van der Waals surface area contributed by atoms with Crippen molar-refractivity contribution in [2.24, 2.45) is 0 Å². The monoisotopic (exact) mass is 424 g/mol. The number of ether oxygens (including phenoxy) is 1. The maximum Gasteiger partial charge on any atom is 0.259 e. The minimum Gasteiger partial charge on any atom is -0.382 e. The fraction of sp³-hybridized carbons (Fsp3) is 0.333. The first-order valence-corrected chi connectivity index (χ1v) is 9.87. The minimum atomic E-state index is -0.999. The number of nitrogens with two attached hydrogens (primary N) is 1. The van der Waals surface area contributed by atoms with Crippen molar-refractivity contribution in [2.75, 3.05) is 10.6 Å². The molecular weight excluding hydrogens is 404 g/mol. The van der Waals surface area contributed by atoms with E-state index in [-0.39, 0.29) is 23.9 Å². The standard InChI is InChI=1S/C21H21ClN6O2/c1-11-12(2)30-21(3,4)20(29)27(11)16-7-13(5-6-14(16)9-23)17-8-15(22)18-19(24)25-10-26-28(17)18/h5-8,10-12H,1-4H3,(H2,24,25,26)/t11-,12+/m0/s1. The molecule has 0 radical (unpaired) electrons. The number of nitrogens with zero attached hydrogens (tertiary/aromatic N) is 5. The SMILES string of the molecule is C[C@H]1OC(C)(C)C(=O)N(c2cc(-c3cc(Cl)c4c(N)ncnn34)ccc2C#N)[C@H]1C. The number of benzene rings is 1. The number of rotatable bonds is 2. The number of anilines is 2. The molecule has 3 heterocycles. The van der Waals surface area contributed by atoms with Crippen LogP contribution in [0, 0.1) is 11.3 Å². The Morgan fingerprint density at radius 3 is 2.73 bits per heavy atom. The molecular formula is C21H21ClN6O2. The van der Waals surface area contributed by atoms with Gasteiger partial charge in [0.1, 0.15) is 23.5 Å². The molecule has 0 aliphatic carbocycles. The number of nitrogen functional groups attached to an aromatic ring is 1. The summed E-state index contributed by atoms with van der Waals surface area (Å²) in [6.45, 7) is 7.30. The molecule has 0 bridgehead atoms. The highest BCUT2D eigenvalue weighted by Crippen LogP contribution is 2.37. The van der Waals surface area contributed by atoms with Gasteiger partial charge in [-0.15, -0.1) is 0 Å². The number of halogens is 1. The lowest BCUT2D eigenvalue weighted by atomic mass is 9.96. The van der Waals surface area contributed by atoms with Gasteiger partial charge in [0.15, 0.2) is 5.82 Å². The average Bonchev–Trinajstić information content (AvgIpc) is 3.04. The molecule has 154 valence electrons. The van der Waals surface area contributed by atoms with Gasteiger partial charge in [-0.25, -0.2) is 9.50 Å². The Morgan fingerprint density at radius 1 is 1.30 bits per heavy atom. The van der Waals surface area contributed by atoms with Crippen LogP contribution in [0.4, 0.5) is 11.5 Å². The first-order valence-electron chi connectivity index (χ1n) is 9.49. The summed E-state index contributed by atoms with van der Waals surface area (Å²) in [6.07, 6.45) is 1.15. The van der Waals surface area contributed by atoms with Crippen LogP contribution in [-0.2, 0) is 9.53 Å². The number of carbonyl (C=O) groups is 1. The third-order valence-corrected chi connectivity index (χ3v) is 5.80.